The lowest BCUT2D eigenvalue weighted by Crippen LogP contribution is -2.17. The number of furan rings is 1. The highest BCUT2D eigenvalue weighted by atomic mass is 79.9. The minimum Gasteiger partial charge on any atom is -0.463 e. The van der Waals surface area contributed by atoms with Gasteiger partial charge < -0.3 is 4.42 Å². The Morgan fingerprint density at radius 1 is 1.29 bits per heavy atom. The number of nitrogens with zero attached hydrogens (tertiary/aromatic N) is 1. The maximum atomic E-state index is 11.6. The Morgan fingerprint density at radius 3 is 2.71 bits per heavy atom. The standard InChI is InChI=1S/C12H9BrN2O2/c13-10-5-3-9(4-6-10)12(16)15-14-8-11-2-1-7-17-11/h1-8H,(H,15,16). The topological polar surface area (TPSA) is 54.6 Å². The van der Waals surface area contributed by atoms with Crippen LogP contribution in [0.5, 0.6) is 0 Å². The molecule has 0 bridgehead atoms. The molecule has 17 heavy (non-hydrogen) atoms. The van der Waals surface area contributed by atoms with Crippen LogP contribution < -0.4 is 5.43 Å². The van der Waals surface area contributed by atoms with Crippen molar-refractivity contribution in [1.29, 1.82) is 0 Å². The third-order valence-electron chi connectivity index (χ3n) is 2.01. The molecule has 0 aliphatic carbocycles. The van der Waals surface area contributed by atoms with Crippen molar-refractivity contribution < 1.29 is 9.21 Å². The Morgan fingerprint density at radius 2 is 2.06 bits per heavy atom. The van der Waals surface area contributed by atoms with Gasteiger partial charge in [0.1, 0.15) is 5.76 Å². The van der Waals surface area contributed by atoms with Crippen LogP contribution in [-0.2, 0) is 0 Å². The second-order valence-electron chi connectivity index (χ2n) is 3.22. The quantitative estimate of drug-likeness (QED) is 0.699. The van der Waals surface area contributed by atoms with E-state index in [4.69, 9.17) is 4.42 Å². The van der Waals surface area contributed by atoms with E-state index >= 15 is 0 Å². The summed E-state index contributed by atoms with van der Waals surface area (Å²) in [5.74, 6) is 0.321. The highest BCUT2D eigenvalue weighted by molar-refractivity contribution is 9.10. The molecule has 4 nitrogen and oxygen atoms in total. The summed E-state index contributed by atoms with van der Waals surface area (Å²) in [5.41, 5.74) is 2.96. The number of carbonyl (C=O) groups is 1. The molecule has 1 N–H and O–H groups in total. The SMILES string of the molecule is O=C(NN=Cc1ccco1)c1ccc(Br)cc1. The molecule has 0 radical (unpaired) electrons. The highest BCUT2D eigenvalue weighted by Gasteiger charge is 2.02. The number of amides is 1. The number of rotatable bonds is 3. The van der Waals surface area contributed by atoms with Crippen LogP contribution >= 0.6 is 15.9 Å². The summed E-state index contributed by atoms with van der Waals surface area (Å²) in [6.45, 7) is 0. The average molecular weight is 293 g/mol. The Balaban J connectivity index is 1.96. The molecule has 0 aliphatic heterocycles. The molecule has 0 saturated heterocycles. The molecule has 2 aromatic rings. The van der Waals surface area contributed by atoms with Gasteiger partial charge in [-0.3, -0.25) is 4.79 Å². The molecule has 1 heterocycles. The van der Waals surface area contributed by atoms with Crippen molar-refractivity contribution in [1.82, 2.24) is 5.43 Å². The van der Waals surface area contributed by atoms with Crippen molar-refractivity contribution in [3.63, 3.8) is 0 Å². The second-order valence-corrected chi connectivity index (χ2v) is 4.14. The summed E-state index contributed by atoms with van der Waals surface area (Å²) < 4.78 is 5.95. The van der Waals surface area contributed by atoms with E-state index in [0.717, 1.165) is 4.47 Å². The summed E-state index contributed by atoms with van der Waals surface area (Å²) in [4.78, 5) is 11.6. The molecular weight excluding hydrogens is 284 g/mol. The lowest BCUT2D eigenvalue weighted by Gasteiger charge is -1.98. The van der Waals surface area contributed by atoms with Gasteiger partial charge >= 0.3 is 0 Å². The number of nitrogens with one attached hydrogen (secondary N) is 1. The molecule has 1 aromatic carbocycles. The Bertz CT molecular complexity index is 518. The second kappa shape index (κ2) is 5.45. The average Bonchev–Trinajstić information content (AvgIpc) is 2.83. The Hall–Kier alpha value is -1.88. The fourth-order valence-electron chi connectivity index (χ4n) is 1.19. The van der Waals surface area contributed by atoms with Crippen LogP contribution in [0.25, 0.3) is 0 Å². The third kappa shape index (κ3) is 3.29. The van der Waals surface area contributed by atoms with E-state index in [0.29, 0.717) is 11.3 Å². The van der Waals surface area contributed by atoms with E-state index in [2.05, 4.69) is 26.5 Å². The highest BCUT2D eigenvalue weighted by Crippen LogP contribution is 2.10. The van der Waals surface area contributed by atoms with Crippen LogP contribution in [0.2, 0.25) is 0 Å². The van der Waals surface area contributed by atoms with Gasteiger partial charge in [0.15, 0.2) is 0 Å². The summed E-state index contributed by atoms with van der Waals surface area (Å²) in [7, 11) is 0. The third-order valence-corrected chi connectivity index (χ3v) is 2.54. The fourth-order valence-corrected chi connectivity index (χ4v) is 1.45. The maximum Gasteiger partial charge on any atom is 0.271 e. The van der Waals surface area contributed by atoms with Gasteiger partial charge in [-0.25, -0.2) is 5.43 Å². The normalized spacial score (nSPS) is 10.6. The van der Waals surface area contributed by atoms with Crippen molar-refractivity contribution in [2.45, 2.75) is 0 Å². The molecule has 2 rings (SSSR count). The Labute approximate surface area is 106 Å². The van der Waals surface area contributed by atoms with Crippen molar-refractivity contribution in [3.05, 3.63) is 58.5 Å². The van der Waals surface area contributed by atoms with Crippen LogP contribution in [0.15, 0.2) is 56.7 Å². The van der Waals surface area contributed by atoms with Gasteiger partial charge in [0.05, 0.1) is 12.5 Å². The lowest BCUT2D eigenvalue weighted by molar-refractivity contribution is 0.0955. The predicted octanol–water partition coefficient (Wildman–Crippen LogP) is 2.81. The number of hydrogen-bond acceptors (Lipinski definition) is 3. The molecule has 1 amide bonds. The minimum atomic E-state index is -0.264. The van der Waals surface area contributed by atoms with Crippen LogP contribution in [0.3, 0.4) is 0 Å². The first-order valence-corrected chi connectivity index (χ1v) is 5.67. The summed E-state index contributed by atoms with van der Waals surface area (Å²) in [5, 5.41) is 3.78. The molecule has 0 atom stereocenters. The number of carbonyl (C=O) groups excluding carboxylic acids is 1. The van der Waals surface area contributed by atoms with Crippen molar-refractivity contribution in [2.75, 3.05) is 0 Å². The van der Waals surface area contributed by atoms with Crippen LogP contribution in [0.4, 0.5) is 0 Å². The van der Waals surface area contributed by atoms with E-state index in [1.165, 1.54) is 12.5 Å². The molecule has 0 saturated carbocycles. The van der Waals surface area contributed by atoms with Gasteiger partial charge in [-0.1, -0.05) is 15.9 Å². The zero-order valence-corrected chi connectivity index (χ0v) is 10.3. The molecule has 1 aromatic heterocycles. The molecule has 0 fully saturated rings. The smallest absolute Gasteiger partial charge is 0.271 e. The predicted molar refractivity (Wildman–Crippen MR) is 67.9 cm³/mol. The molecule has 86 valence electrons. The van der Waals surface area contributed by atoms with Gasteiger partial charge in [0.2, 0.25) is 0 Å². The van der Waals surface area contributed by atoms with Crippen molar-refractivity contribution >= 4 is 28.1 Å². The van der Waals surface area contributed by atoms with Crippen LogP contribution in [-0.4, -0.2) is 12.1 Å². The minimum absolute atomic E-state index is 0.264. The first kappa shape index (κ1) is 11.6. The first-order valence-electron chi connectivity index (χ1n) is 4.88. The van der Waals surface area contributed by atoms with E-state index < -0.39 is 0 Å². The van der Waals surface area contributed by atoms with Gasteiger partial charge in [-0.15, -0.1) is 0 Å². The lowest BCUT2D eigenvalue weighted by atomic mass is 10.2. The van der Waals surface area contributed by atoms with Gasteiger partial charge in [-0.2, -0.15) is 5.10 Å². The van der Waals surface area contributed by atoms with E-state index in [1.807, 2.05) is 0 Å². The fraction of sp³-hybridized carbons (Fsp3) is 0. The zero-order chi connectivity index (χ0) is 12.1. The molecule has 0 unspecified atom stereocenters. The van der Waals surface area contributed by atoms with Crippen LogP contribution in [0.1, 0.15) is 16.1 Å². The van der Waals surface area contributed by atoms with E-state index in [-0.39, 0.29) is 5.91 Å². The maximum absolute atomic E-state index is 11.6. The number of halogens is 1. The van der Waals surface area contributed by atoms with E-state index in [9.17, 15) is 4.79 Å². The van der Waals surface area contributed by atoms with Crippen molar-refractivity contribution in [2.24, 2.45) is 5.10 Å². The van der Waals surface area contributed by atoms with Crippen molar-refractivity contribution in [3.8, 4) is 0 Å². The van der Waals surface area contributed by atoms with Gasteiger partial charge in [0.25, 0.3) is 5.91 Å². The summed E-state index contributed by atoms with van der Waals surface area (Å²) >= 11 is 3.30. The molecule has 0 spiro atoms. The van der Waals surface area contributed by atoms with E-state index in [1.54, 1.807) is 36.4 Å². The van der Waals surface area contributed by atoms with Gasteiger partial charge in [-0.05, 0) is 36.4 Å². The molecular formula is C12H9BrN2O2. The first-order chi connectivity index (χ1) is 8.25. The van der Waals surface area contributed by atoms with Crippen LogP contribution in [0, 0.1) is 0 Å². The molecule has 0 aliphatic rings. The van der Waals surface area contributed by atoms with Gasteiger partial charge in [0, 0.05) is 10.0 Å². The summed E-state index contributed by atoms with van der Waals surface area (Å²) in [6.07, 6.45) is 2.98. The largest absolute Gasteiger partial charge is 0.463 e. The molecule has 5 heteroatoms. The number of hydrogen-bond donors (Lipinski definition) is 1. The number of hydrazone groups is 1. The summed E-state index contributed by atoms with van der Waals surface area (Å²) in [6, 6.07) is 10.5. The Kier molecular flexibility index (Phi) is 3.72. The number of benzene rings is 1. The zero-order valence-electron chi connectivity index (χ0n) is 8.76. The monoisotopic (exact) mass is 292 g/mol.